The van der Waals surface area contributed by atoms with Crippen LogP contribution in [0.3, 0.4) is 0 Å². The Bertz CT molecular complexity index is 699. The molecule has 9 heteroatoms. The Labute approximate surface area is 134 Å². The van der Waals surface area contributed by atoms with Crippen LogP contribution >= 0.6 is 11.8 Å². The first-order chi connectivity index (χ1) is 11.0. The summed E-state index contributed by atoms with van der Waals surface area (Å²) in [5, 5.41) is 12.3. The second kappa shape index (κ2) is 5.48. The molecule has 122 valence electrons. The molecule has 0 unspecified atom stereocenters. The van der Waals surface area contributed by atoms with Crippen molar-refractivity contribution in [2.75, 3.05) is 12.3 Å². The van der Waals surface area contributed by atoms with E-state index in [2.05, 4.69) is 20.4 Å². The van der Waals surface area contributed by atoms with Crippen molar-refractivity contribution in [3.63, 3.8) is 0 Å². The fraction of sp³-hybridized carbons (Fsp3) is 0.500. The number of fused-ring (bicyclic) bond motifs is 2. The Morgan fingerprint density at radius 2 is 2.00 bits per heavy atom. The highest BCUT2D eigenvalue weighted by Gasteiger charge is 2.39. The summed E-state index contributed by atoms with van der Waals surface area (Å²) in [4.78, 5) is 2.35. The fourth-order valence-corrected chi connectivity index (χ4v) is 4.65. The maximum Gasteiger partial charge on any atom is 0.416 e. The van der Waals surface area contributed by atoms with E-state index in [1.807, 2.05) is 11.8 Å². The molecule has 0 amide bonds. The van der Waals surface area contributed by atoms with Crippen LogP contribution in [-0.2, 0) is 12.7 Å². The maximum atomic E-state index is 12.6. The number of thioether (sulfide) groups is 1. The first kappa shape index (κ1) is 14.9. The molecule has 1 aromatic carbocycles. The number of alkyl halides is 3. The van der Waals surface area contributed by atoms with Gasteiger partial charge in [-0.25, -0.2) is 0 Å². The summed E-state index contributed by atoms with van der Waals surface area (Å²) in [6.45, 7) is 1.64. The molecule has 4 rings (SSSR count). The molecule has 2 fully saturated rings. The third-order valence-electron chi connectivity index (χ3n) is 4.33. The summed E-state index contributed by atoms with van der Waals surface area (Å²) in [5.41, 5.74) is -0.138. The molecule has 2 bridgehead atoms. The van der Waals surface area contributed by atoms with Crippen LogP contribution in [-0.4, -0.2) is 48.7 Å². The number of halogens is 3. The zero-order valence-electron chi connectivity index (χ0n) is 12.1. The Morgan fingerprint density at radius 1 is 1.22 bits per heavy atom. The van der Waals surface area contributed by atoms with E-state index in [1.165, 1.54) is 23.2 Å². The number of likely N-dealkylation sites (tertiary alicyclic amines) is 1. The van der Waals surface area contributed by atoms with Crippen LogP contribution in [0.15, 0.2) is 24.3 Å². The summed E-state index contributed by atoms with van der Waals surface area (Å²) in [6, 6.07) is 5.45. The van der Waals surface area contributed by atoms with Crippen LogP contribution in [0.2, 0.25) is 0 Å². The van der Waals surface area contributed by atoms with Crippen molar-refractivity contribution < 1.29 is 13.2 Å². The van der Waals surface area contributed by atoms with Crippen LogP contribution in [0.4, 0.5) is 13.2 Å². The van der Waals surface area contributed by atoms with Crippen LogP contribution in [0.5, 0.6) is 0 Å². The van der Waals surface area contributed by atoms with Crippen molar-refractivity contribution >= 4 is 11.8 Å². The normalized spacial score (nSPS) is 24.5. The summed E-state index contributed by atoms with van der Waals surface area (Å²) in [6.07, 6.45) is -3.14. The second-order valence-electron chi connectivity index (χ2n) is 5.83. The predicted octanol–water partition coefficient (Wildman–Crippen LogP) is 2.37. The number of hydrogen-bond acceptors (Lipinski definition) is 5. The second-order valence-corrected chi connectivity index (χ2v) is 7.16. The third-order valence-corrected chi connectivity index (χ3v) is 5.72. The van der Waals surface area contributed by atoms with Crippen molar-refractivity contribution in [3.8, 4) is 5.69 Å². The van der Waals surface area contributed by atoms with Crippen LogP contribution in [0.1, 0.15) is 17.8 Å². The van der Waals surface area contributed by atoms with E-state index in [1.54, 1.807) is 0 Å². The van der Waals surface area contributed by atoms with Crippen molar-refractivity contribution in [3.05, 3.63) is 35.7 Å². The Kier molecular flexibility index (Phi) is 3.56. The van der Waals surface area contributed by atoms with Gasteiger partial charge in [0.1, 0.15) is 0 Å². The fourth-order valence-electron chi connectivity index (χ4n) is 3.15. The van der Waals surface area contributed by atoms with Gasteiger partial charge in [-0.2, -0.15) is 29.6 Å². The highest BCUT2D eigenvalue weighted by molar-refractivity contribution is 8.00. The minimum Gasteiger partial charge on any atom is -0.291 e. The molecule has 0 spiro atoms. The Hall–Kier alpha value is -1.61. The van der Waals surface area contributed by atoms with Gasteiger partial charge in [-0.3, -0.25) is 4.90 Å². The number of rotatable bonds is 3. The van der Waals surface area contributed by atoms with Gasteiger partial charge in [0.2, 0.25) is 0 Å². The Balaban J connectivity index is 1.55. The van der Waals surface area contributed by atoms with Crippen molar-refractivity contribution in [1.29, 1.82) is 0 Å². The van der Waals surface area contributed by atoms with Gasteiger partial charge in [-0.05, 0) is 41.1 Å². The molecule has 1 aromatic heterocycles. The maximum absolute atomic E-state index is 12.6. The van der Waals surface area contributed by atoms with Gasteiger partial charge in [-0.1, -0.05) is 0 Å². The van der Waals surface area contributed by atoms with E-state index in [4.69, 9.17) is 0 Å². The third kappa shape index (κ3) is 2.83. The molecule has 0 aliphatic carbocycles. The summed E-state index contributed by atoms with van der Waals surface area (Å²) >= 11 is 2.01. The molecule has 0 radical (unpaired) electrons. The summed E-state index contributed by atoms with van der Waals surface area (Å²) in [5.74, 6) is 1.79. The standard InChI is InChI=1S/C14H14F3N5S/c15-14(16,17)9-1-3-10(4-2-9)22-13(18-19-20-22)7-21-6-12-5-11(21)8-23-12/h1-4,11-12H,5-8H2/t11-,12-/m0/s1. The lowest BCUT2D eigenvalue weighted by atomic mass is 10.2. The van der Waals surface area contributed by atoms with Gasteiger partial charge < -0.3 is 0 Å². The molecular formula is C14H14F3N5S. The smallest absolute Gasteiger partial charge is 0.291 e. The Morgan fingerprint density at radius 3 is 2.61 bits per heavy atom. The SMILES string of the molecule is FC(F)(F)c1ccc(-n2nnnc2CN2C[C@@H]3C[C@H]2CS3)cc1. The summed E-state index contributed by atoms with van der Waals surface area (Å²) in [7, 11) is 0. The van der Waals surface area contributed by atoms with Gasteiger partial charge in [0, 0.05) is 23.6 Å². The highest BCUT2D eigenvalue weighted by atomic mass is 32.2. The van der Waals surface area contributed by atoms with E-state index in [0.29, 0.717) is 29.3 Å². The van der Waals surface area contributed by atoms with E-state index in [0.717, 1.165) is 24.4 Å². The molecule has 3 heterocycles. The topological polar surface area (TPSA) is 46.8 Å². The predicted molar refractivity (Wildman–Crippen MR) is 79.2 cm³/mol. The number of nitrogens with zero attached hydrogens (tertiary/aromatic N) is 5. The van der Waals surface area contributed by atoms with Crippen LogP contribution in [0, 0.1) is 0 Å². The number of benzene rings is 1. The van der Waals surface area contributed by atoms with Gasteiger partial charge in [0.25, 0.3) is 0 Å². The molecule has 2 atom stereocenters. The quantitative estimate of drug-likeness (QED) is 0.858. The van der Waals surface area contributed by atoms with E-state index in [-0.39, 0.29) is 0 Å². The van der Waals surface area contributed by atoms with E-state index >= 15 is 0 Å². The first-order valence-corrected chi connectivity index (χ1v) is 8.36. The zero-order chi connectivity index (χ0) is 16.0. The molecular weight excluding hydrogens is 327 g/mol. The minimum absolute atomic E-state index is 0.539. The largest absolute Gasteiger partial charge is 0.416 e. The average Bonchev–Trinajstić information content (AvgIpc) is 3.23. The zero-order valence-corrected chi connectivity index (χ0v) is 12.9. The minimum atomic E-state index is -4.34. The van der Waals surface area contributed by atoms with Crippen molar-refractivity contribution in [1.82, 2.24) is 25.1 Å². The van der Waals surface area contributed by atoms with Crippen molar-refractivity contribution in [2.24, 2.45) is 0 Å². The molecule has 2 aliphatic heterocycles. The average molecular weight is 341 g/mol. The molecule has 2 aromatic rings. The highest BCUT2D eigenvalue weighted by Crippen LogP contribution is 2.38. The van der Waals surface area contributed by atoms with Crippen molar-refractivity contribution in [2.45, 2.75) is 30.4 Å². The van der Waals surface area contributed by atoms with Gasteiger partial charge >= 0.3 is 6.18 Å². The number of hydrogen-bond donors (Lipinski definition) is 0. The molecule has 0 N–H and O–H groups in total. The van der Waals surface area contributed by atoms with Crippen LogP contribution < -0.4 is 0 Å². The van der Waals surface area contributed by atoms with Crippen LogP contribution in [0.25, 0.3) is 5.69 Å². The molecule has 5 nitrogen and oxygen atoms in total. The number of tetrazole rings is 1. The lowest BCUT2D eigenvalue weighted by molar-refractivity contribution is -0.137. The monoisotopic (exact) mass is 341 g/mol. The van der Waals surface area contributed by atoms with Gasteiger partial charge in [0.05, 0.1) is 17.8 Å². The molecule has 2 aliphatic rings. The molecule has 0 saturated carbocycles. The first-order valence-electron chi connectivity index (χ1n) is 7.31. The number of aromatic nitrogens is 4. The summed E-state index contributed by atoms with van der Waals surface area (Å²) < 4.78 is 39.4. The molecule has 2 saturated heterocycles. The van der Waals surface area contributed by atoms with Gasteiger partial charge in [0.15, 0.2) is 5.82 Å². The lowest BCUT2D eigenvalue weighted by Gasteiger charge is -2.25. The lowest BCUT2D eigenvalue weighted by Crippen LogP contribution is -2.34. The van der Waals surface area contributed by atoms with E-state index in [9.17, 15) is 13.2 Å². The van der Waals surface area contributed by atoms with E-state index < -0.39 is 11.7 Å². The molecule has 23 heavy (non-hydrogen) atoms. The van der Waals surface area contributed by atoms with Gasteiger partial charge in [-0.15, -0.1) is 5.10 Å².